The summed E-state index contributed by atoms with van der Waals surface area (Å²) < 4.78 is 27.6. The van der Waals surface area contributed by atoms with E-state index in [1.807, 2.05) is 115 Å². The normalized spacial score (nSPS) is 13.8. The van der Waals surface area contributed by atoms with Crippen molar-refractivity contribution in [1.29, 1.82) is 10.5 Å². The minimum absolute atomic E-state index is 0.185. The van der Waals surface area contributed by atoms with E-state index in [0.29, 0.717) is 58.7 Å². The van der Waals surface area contributed by atoms with E-state index in [1.165, 1.54) is 5.56 Å². The van der Waals surface area contributed by atoms with E-state index >= 15 is 0 Å². The molecule has 2 N–H and O–H groups in total. The van der Waals surface area contributed by atoms with E-state index in [0.717, 1.165) is 68.6 Å². The van der Waals surface area contributed by atoms with Crippen LogP contribution < -0.4 is 29.6 Å². The number of aryl methyl sites for hydroxylation is 3. The zero-order valence-electron chi connectivity index (χ0n) is 37.9. The van der Waals surface area contributed by atoms with Gasteiger partial charge in [-0.2, -0.15) is 10.5 Å². The fraction of sp³-hybridized carbons (Fsp3) is 0.154. The number of rotatable bonds is 12. The number of nitrogens with one attached hydrogen (secondary N) is 2. The molecule has 2 aliphatic rings. The third-order valence-corrected chi connectivity index (χ3v) is 12.5. The Morgan fingerprint density at radius 2 is 1.06 bits per heavy atom. The number of amides is 4. The molecule has 0 saturated carbocycles. The third-order valence-electron chi connectivity index (χ3n) is 10.8. The zero-order valence-corrected chi connectivity index (χ0v) is 39.5. The molecule has 18 heteroatoms. The van der Waals surface area contributed by atoms with Gasteiger partial charge in [-0.05, 0) is 116 Å². The first kappa shape index (κ1) is 47.9. The van der Waals surface area contributed by atoms with Gasteiger partial charge >= 0.3 is 0 Å². The van der Waals surface area contributed by atoms with E-state index in [4.69, 9.17) is 29.5 Å². The summed E-state index contributed by atoms with van der Waals surface area (Å²) in [7, 11) is 3.89. The number of ether oxygens (including phenoxy) is 4. The summed E-state index contributed by atoms with van der Waals surface area (Å²) in [6.45, 7) is 2.72. The van der Waals surface area contributed by atoms with Gasteiger partial charge in [0.25, 0.3) is 10.5 Å². The fourth-order valence-corrected chi connectivity index (χ4v) is 8.38. The zero-order chi connectivity index (χ0) is 49.1. The van der Waals surface area contributed by atoms with Gasteiger partial charge in [0, 0.05) is 26.2 Å². The summed E-state index contributed by atoms with van der Waals surface area (Å²) >= 11 is 2.03. The summed E-state index contributed by atoms with van der Waals surface area (Å²) in [6.07, 6.45) is 0.486. The average molecular weight is 971 g/mol. The molecule has 6 aromatic carbocycles. The molecule has 70 heavy (non-hydrogen) atoms. The summed E-state index contributed by atoms with van der Waals surface area (Å²) in [5.41, 5.74) is 6.93. The number of nitriles is 2. The lowest BCUT2D eigenvalue weighted by molar-refractivity contribution is -0.119. The molecule has 0 aliphatic carbocycles. The van der Waals surface area contributed by atoms with Crippen molar-refractivity contribution < 1.29 is 38.1 Å². The quantitative estimate of drug-likeness (QED) is 0.117. The molecule has 2 fully saturated rings. The van der Waals surface area contributed by atoms with Crippen molar-refractivity contribution in [1.82, 2.24) is 29.7 Å². The number of fused-ring (bicyclic) bond motifs is 2. The van der Waals surface area contributed by atoms with Gasteiger partial charge in [0.15, 0.2) is 0 Å². The number of carbonyl (C=O) groups is 4. The van der Waals surface area contributed by atoms with Crippen LogP contribution in [0.3, 0.4) is 0 Å². The van der Waals surface area contributed by atoms with Crippen LogP contribution in [-0.2, 0) is 43.3 Å². The highest BCUT2D eigenvalue weighted by Crippen LogP contribution is 2.29. The van der Waals surface area contributed by atoms with Crippen LogP contribution in [0.4, 0.5) is 9.59 Å². The number of thioether (sulfide) groups is 2. The average Bonchev–Trinajstić information content (AvgIpc) is 4.11. The number of imide groups is 2. The Bertz CT molecular complexity index is 3290. The van der Waals surface area contributed by atoms with Crippen LogP contribution in [0.5, 0.6) is 34.5 Å². The fourth-order valence-electron chi connectivity index (χ4n) is 7.00. The summed E-state index contributed by atoms with van der Waals surface area (Å²) in [6, 6.07) is 45.1. The molecule has 10 rings (SSSR count). The molecule has 0 spiro atoms. The molecule has 1 atom stereocenters. The largest absolute Gasteiger partial charge is 0.486 e. The van der Waals surface area contributed by atoms with E-state index in [1.54, 1.807) is 48.5 Å². The number of imidazole rings is 2. The maximum atomic E-state index is 11.8. The minimum atomic E-state index is -0.389. The van der Waals surface area contributed by atoms with Gasteiger partial charge in [-0.15, -0.1) is 0 Å². The maximum absolute atomic E-state index is 11.8. The predicted octanol–water partition coefficient (Wildman–Crippen LogP) is 9.80. The van der Waals surface area contributed by atoms with Gasteiger partial charge in [-0.25, -0.2) is 9.97 Å². The van der Waals surface area contributed by atoms with Crippen LogP contribution in [-0.4, -0.2) is 52.4 Å². The Morgan fingerprint density at radius 1 is 0.600 bits per heavy atom. The lowest BCUT2D eigenvalue weighted by Crippen LogP contribution is -2.25. The van der Waals surface area contributed by atoms with Crippen molar-refractivity contribution in [2.45, 2.75) is 31.8 Å². The summed E-state index contributed by atoms with van der Waals surface area (Å²) in [5, 5.41) is 21.3. The highest BCUT2D eigenvalue weighted by molar-refractivity contribution is 8.15. The smallest absolute Gasteiger partial charge is 0.286 e. The number of aromatic nitrogens is 4. The highest BCUT2D eigenvalue weighted by atomic mass is 32.2. The highest BCUT2D eigenvalue weighted by Gasteiger charge is 2.31. The second kappa shape index (κ2) is 22.0. The van der Waals surface area contributed by atoms with Crippen LogP contribution in [0.2, 0.25) is 0 Å². The lowest BCUT2D eigenvalue weighted by Gasteiger charge is -2.09. The monoisotopic (exact) mass is 970 g/mol. The standard InChI is InChI=1S/C26H20N4O4S.C23H19N3O2.C3H3NO2S/c1-30-22-13-20(34-19-8-4-17(14-27)5-9-19)10-11-21(22)28-24(30)15-33-18-6-2-16(3-7-18)12-23-25(31)29-26(32)35-23;1-16-3-7-18(8-4-16)27-15-23-25-21-12-11-20(13-22(21)26(23)2)28-19-9-5-17(14-24)6-10-19;5-2-1-7-3(6)4-2/h2-11,13,23H,12,15H2,1H3,(H,29,31,32);3-13H,15H2,1-2H3;1H2,(H,4,5,6). The minimum Gasteiger partial charge on any atom is -0.486 e. The molecule has 4 heterocycles. The Hall–Kier alpha value is -8.58. The summed E-state index contributed by atoms with van der Waals surface area (Å²) in [5.74, 6) is 5.69. The van der Waals surface area contributed by atoms with Crippen molar-refractivity contribution in [3.8, 4) is 46.6 Å². The number of benzene rings is 6. The van der Waals surface area contributed by atoms with E-state index in [-0.39, 0.29) is 34.1 Å². The molecule has 4 amide bonds. The molecule has 2 aliphatic heterocycles. The second-order valence-electron chi connectivity index (χ2n) is 15.7. The van der Waals surface area contributed by atoms with Crippen molar-refractivity contribution in [3.05, 3.63) is 167 Å². The maximum Gasteiger partial charge on any atom is 0.286 e. The predicted molar refractivity (Wildman–Crippen MR) is 265 cm³/mol. The molecule has 1 unspecified atom stereocenters. The van der Waals surface area contributed by atoms with Crippen LogP contribution in [0.1, 0.15) is 33.9 Å². The molecule has 0 radical (unpaired) electrons. The van der Waals surface area contributed by atoms with Gasteiger partial charge in [0.05, 0.1) is 56.3 Å². The van der Waals surface area contributed by atoms with E-state index in [9.17, 15) is 19.2 Å². The van der Waals surface area contributed by atoms with E-state index in [2.05, 4.69) is 32.7 Å². The molecule has 0 bridgehead atoms. The van der Waals surface area contributed by atoms with Crippen molar-refractivity contribution in [3.63, 3.8) is 0 Å². The second-order valence-corrected chi connectivity index (χ2v) is 17.8. The van der Waals surface area contributed by atoms with Crippen LogP contribution in [0.25, 0.3) is 22.1 Å². The van der Waals surface area contributed by atoms with Crippen molar-refractivity contribution >= 4 is 67.9 Å². The first-order valence-electron chi connectivity index (χ1n) is 21.6. The van der Waals surface area contributed by atoms with Crippen LogP contribution in [0, 0.1) is 29.6 Å². The van der Waals surface area contributed by atoms with Gasteiger partial charge in [-0.1, -0.05) is 53.4 Å². The van der Waals surface area contributed by atoms with Crippen LogP contribution in [0.15, 0.2) is 133 Å². The van der Waals surface area contributed by atoms with Gasteiger partial charge < -0.3 is 28.1 Å². The molecule has 350 valence electrons. The SMILES string of the molecule is Cc1ccc(OCc2nc3ccc(Oc4ccc(C#N)cc4)cc3n2C)cc1.Cn1c(COc2ccc(CC3SC(=O)NC3=O)cc2)nc2ccc(Oc3ccc(C#N)cc3)cc21.O=C1CSC(=O)N1. The Labute approximate surface area is 410 Å². The van der Waals surface area contributed by atoms with Gasteiger partial charge in [-0.3, -0.25) is 29.8 Å². The van der Waals surface area contributed by atoms with Gasteiger partial charge in [0.1, 0.15) is 59.4 Å². The van der Waals surface area contributed by atoms with Crippen molar-refractivity contribution in [2.75, 3.05) is 5.75 Å². The molecule has 2 saturated heterocycles. The first-order chi connectivity index (χ1) is 33.9. The summed E-state index contributed by atoms with van der Waals surface area (Å²) in [4.78, 5) is 52.6. The topological polar surface area (TPSA) is 212 Å². The Balaban J connectivity index is 0.000000168. The molecule has 8 aromatic rings. The Kier molecular flexibility index (Phi) is 15.1. The number of nitrogens with zero attached hydrogens (tertiary/aromatic N) is 6. The number of carbonyl (C=O) groups excluding carboxylic acids is 4. The van der Waals surface area contributed by atoms with Crippen LogP contribution >= 0.6 is 23.5 Å². The molecular formula is C52H42N8O8S2. The Morgan fingerprint density at radius 3 is 1.46 bits per heavy atom. The number of hydrogen-bond acceptors (Lipinski definition) is 14. The first-order valence-corrected chi connectivity index (χ1v) is 23.4. The molecule has 2 aromatic heterocycles. The molecular weight excluding hydrogens is 929 g/mol. The molecule has 16 nitrogen and oxygen atoms in total. The number of hydrogen-bond donors (Lipinski definition) is 2. The third kappa shape index (κ3) is 12.3. The van der Waals surface area contributed by atoms with Gasteiger partial charge in [0.2, 0.25) is 11.8 Å². The van der Waals surface area contributed by atoms with E-state index < -0.39 is 0 Å². The van der Waals surface area contributed by atoms with Crippen molar-refractivity contribution in [2.24, 2.45) is 14.1 Å². The lowest BCUT2D eigenvalue weighted by atomic mass is 10.1.